The fraction of sp³-hybridized carbons (Fsp3) is 0.429. The SMILES string of the molecule is CNC(=O)N1CCC2(CC1)OB(O)c1cnc3[nH]ccc3c12. The van der Waals surface area contributed by atoms with Crippen molar-refractivity contribution < 1.29 is 14.5 Å². The van der Waals surface area contributed by atoms with Crippen molar-refractivity contribution in [2.24, 2.45) is 0 Å². The topological polar surface area (TPSA) is 90.5 Å². The zero-order valence-electron chi connectivity index (χ0n) is 12.3. The maximum Gasteiger partial charge on any atom is 0.493 e. The average molecular weight is 300 g/mol. The van der Waals surface area contributed by atoms with E-state index in [0.29, 0.717) is 25.9 Å². The number of carbonyl (C=O) groups excluding carboxylic acids is 1. The number of piperidine rings is 1. The number of urea groups is 1. The number of aromatic nitrogens is 2. The van der Waals surface area contributed by atoms with Crippen LogP contribution >= 0.6 is 0 Å². The van der Waals surface area contributed by atoms with Crippen molar-refractivity contribution in [3.63, 3.8) is 0 Å². The quantitative estimate of drug-likeness (QED) is 0.593. The molecule has 1 saturated heterocycles. The van der Waals surface area contributed by atoms with E-state index >= 15 is 0 Å². The number of hydrogen-bond acceptors (Lipinski definition) is 4. The molecule has 2 aromatic heterocycles. The molecule has 1 fully saturated rings. The van der Waals surface area contributed by atoms with E-state index < -0.39 is 12.7 Å². The molecule has 0 aromatic carbocycles. The Kier molecular flexibility index (Phi) is 2.92. The number of aromatic amines is 1. The molecule has 4 heterocycles. The van der Waals surface area contributed by atoms with E-state index in [-0.39, 0.29) is 6.03 Å². The van der Waals surface area contributed by atoms with Crippen LogP contribution in [0, 0.1) is 0 Å². The zero-order valence-corrected chi connectivity index (χ0v) is 12.3. The van der Waals surface area contributed by atoms with Gasteiger partial charge in [-0.25, -0.2) is 9.78 Å². The van der Waals surface area contributed by atoms with Gasteiger partial charge in [-0.1, -0.05) is 0 Å². The van der Waals surface area contributed by atoms with Crippen LogP contribution in [-0.2, 0) is 10.3 Å². The lowest BCUT2D eigenvalue weighted by molar-refractivity contribution is 0.00531. The van der Waals surface area contributed by atoms with Gasteiger partial charge in [0.25, 0.3) is 0 Å². The van der Waals surface area contributed by atoms with Crippen LogP contribution in [0.2, 0.25) is 0 Å². The predicted molar refractivity (Wildman–Crippen MR) is 81.7 cm³/mol. The summed E-state index contributed by atoms with van der Waals surface area (Å²) >= 11 is 0. The van der Waals surface area contributed by atoms with Crippen LogP contribution in [0.5, 0.6) is 0 Å². The second kappa shape index (κ2) is 4.72. The molecular formula is C14H17BN4O3. The summed E-state index contributed by atoms with van der Waals surface area (Å²) < 4.78 is 5.94. The van der Waals surface area contributed by atoms with Gasteiger partial charge < -0.3 is 24.9 Å². The van der Waals surface area contributed by atoms with Gasteiger partial charge in [0.1, 0.15) is 5.65 Å². The summed E-state index contributed by atoms with van der Waals surface area (Å²) in [5.41, 5.74) is 2.01. The lowest BCUT2D eigenvalue weighted by atomic mass is 9.76. The summed E-state index contributed by atoms with van der Waals surface area (Å²) in [4.78, 5) is 21.0. The third kappa shape index (κ3) is 1.77. The molecule has 0 atom stereocenters. The second-order valence-corrected chi connectivity index (χ2v) is 5.84. The van der Waals surface area contributed by atoms with E-state index in [1.165, 1.54) is 0 Å². The van der Waals surface area contributed by atoms with Crippen molar-refractivity contribution in [3.05, 3.63) is 24.0 Å². The number of fused-ring (bicyclic) bond motifs is 4. The summed E-state index contributed by atoms with van der Waals surface area (Å²) in [6.07, 6.45) is 4.85. The van der Waals surface area contributed by atoms with E-state index in [1.807, 2.05) is 12.3 Å². The lowest BCUT2D eigenvalue weighted by Gasteiger charge is -2.40. The highest BCUT2D eigenvalue weighted by Crippen LogP contribution is 2.42. The molecular weight excluding hydrogens is 283 g/mol. The first-order valence-corrected chi connectivity index (χ1v) is 7.44. The molecule has 2 amide bonds. The van der Waals surface area contributed by atoms with Gasteiger partial charge in [-0.3, -0.25) is 0 Å². The van der Waals surface area contributed by atoms with Gasteiger partial charge in [0.2, 0.25) is 0 Å². The zero-order chi connectivity index (χ0) is 15.3. The highest BCUT2D eigenvalue weighted by molar-refractivity contribution is 6.62. The molecule has 22 heavy (non-hydrogen) atoms. The minimum absolute atomic E-state index is 0.0739. The maximum atomic E-state index is 11.8. The van der Waals surface area contributed by atoms with Crippen molar-refractivity contribution in [2.75, 3.05) is 20.1 Å². The lowest BCUT2D eigenvalue weighted by Crippen LogP contribution is -2.48. The van der Waals surface area contributed by atoms with Gasteiger partial charge >= 0.3 is 13.1 Å². The largest absolute Gasteiger partial charge is 0.493 e. The Morgan fingerprint density at radius 2 is 2.32 bits per heavy atom. The molecule has 0 bridgehead atoms. The van der Waals surface area contributed by atoms with E-state index in [9.17, 15) is 9.82 Å². The third-order valence-electron chi connectivity index (χ3n) is 4.75. The number of likely N-dealkylation sites (tertiary alicyclic amines) is 1. The van der Waals surface area contributed by atoms with Crippen LogP contribution in [0.25, 0.3) is 11.0 Å². The molecule has 0 saturated carbocycles. The molecule has 3 N–H and O–H groups in total. The second-order valence-electron chi connectivity index (χ2n) is 5.84. The highest BCUT2D eigenvalue weighted by Gasteiger charge is 2.50. The number of amides is 2. The summed E-state index contributed by atoms with van der Waals surface area (Å²) in [6.45, 7) is 1.19. The number of carbonyl (C=O) groups is 1. The summed E-state index contributed by atoms with van der Waals surface area (Å²) in [5, 5.41) is 13.9. The van der Waals surface area contributed by atoms with Gasteiger partial charge in [0.05, 0.1) is 5.60 Å². The van der Waals surface area contributed by atoms with Crippen molar-refractivity contribution in [1.82, 2.24) is 20.2 Å². The Balaban J connectivity index is 1.74. The van der Waals surface area contributed by atoms with Crippen molar-refractivity contribution in [1.29, 1.82) is 0 Å². The highest BCUT2D eigenvalue weighted by atomic mass is 16.5. The molecule has 1 spiro atoms. The van der Waals surface area contributed by atoms with Crippen LogP contribution < -0.4 is 10.8 Å². The Bertz CT molecular complexity index is 739. The molecule has 2 aliphatic heterocycles. The van der Waals surface area contributed by atoms with Crippen LogP contribution in [0.1, 0.15) is 18.4 Å². The fourth-order valence-electron chi connectivity index (χ4n) is 3.65. The summed E-state index contributed by atoms with van der Waals surface area (Å²) in [7, 11) is 0.681. The maximum absolute atomic E-state index is 11.8. The van der Waals surface area contributed by atoms with E-state index in [2.05, 4.69) is 15.3 Å². The normalized spacial score (nSPS) is 19.7. The molecule has 2 aliphatic rings. The Hall–Kier alpha value is -2.06. The van der Waals surface area contributed by atoms with E-state index in [0.717, 1.165) is 22.1 Å². The molecule has 2 aromatic rings. The van der Waals surface area contributed by atoms with Gasteiger partial charge in [0.15, 0.2) is 0 Å². The van der Waals surface area contributed by atoms with Gasteiger partial charge in [-0.2, -0.15) is 0 Å². The standard InChI is InChI=1S/C14H17BN4O3/c1-16-13(20)19-6-3-14(4-7-19)11-9-2-5-17-12(9)18-8-10(11)15(21)22-14/h2,5,8,21H,3-4,6-7H2,1H3,(H,16,20)(H,17,18). The molecule has 0 aliphatic carbocycles. The number of nitrogens with zero attached hydrogens (tertiary/aromatic N) is 2. The number of hydrogen-bond donors (Lipinski definition) is 3. The van der Waals surface area contributed by atoms with Gasteiger partial charge in [-0.15, -0.1) is 0 Å². The Labute approximate surface area is 127 Å². The number of pyridine rings is 1. The number of rotatable bonds is 0. The van der Waals surface area contributed by atoms with Gasteiger partial charge in [-0.05, 0) is 24.5 Å². The molecule has 8 heteroatoms. The van der Waals surface area contributed by atoms with Crippen molar-refractivity contribution in [2.45, 2.75) is 18.4 Å². The van der Waals surface area contributed by atoms with Gasteiger partial charge in [0, 0.05) is 43.4 Å². The molecule has 7 nitrogen and oxygen atoms in total. The first-order chi connectivity index (χ1) is 10.6. The number of H-pyrrole nitrogens is 1. The first-order valence-electron chi connectivity index (χ1n) is 7.44. The molecule has 0 radical (unpaired) electrons. The molecule has 114 valence electrons. The minimum atomic E-state index is -0.951. The van der Waals surface area contributed by atoms with Crippen LogP contribution in [0.15, 0.2) is 18.5 Å². The minimum Gasteiger partial charge on any atom is -0.423 e. The molecule has 4 rings (SSSR count). The van der Waals surface area contributed by atoms with Crippen molar-refractivity contribution >= 4 is 29.6 Å². The average Bonchev–Trinajstić information content (AvgIpc) is 3.11. The van der Waals surface area contributed by atoms with E-state index in [4.69, 9.17) is 4.65 Å². The first kappa shape index (κ1) is 13.6. The smallest absolute Gasteiger partial charge is 0.423 e. The number of nitrogens with one attached hydrogen (secondary N) is 2. The van der Waals surface area contributed by atoms with E-state index in [1.54, 1.807) is 18.1 Å². The summed E-state index contributed by atoms with van der Waals surface area (Å²) in [6, 6.07) is 1.89. The monoisotopic (exact) mass is 300 g/mol. The van der Waals surface area contributed by atoms with Crippen molar-refractivity contribution in [3.8, 4) is 0 Å². The summed E-state index contributed by atoms with van der Waals surface area (Å²) in [5.74, 6) is 0. The van der Waals surface area contributed by atoms with Crippen LogP contribution in [0.4, 0.5) is 4.79 Å². The third-order valence-corrected chi connectivity index (χ3v) is 4.75. The van der Waals surface area contributed by atoms with Crippen LogP contribution in [-0.4, -0.2) is 53.2 Å². The Morgan fingerprint density at radius 1 is 1.55 bits per heavy atom. The predicted octanol–water partition coefficient (Wildman–Crippen LogP) is -0.0889. The fourth-order valence-corrected chi connectivity index (χ4v) is 3.65. The van der Waals surface area contributed by atoms with Crippen LogP contribution in [0.3, 0.4) is 0 Å². The molecule has 0 unspecified atom stereocenters. The Morgan fingerprint density at radius 3 is 3.05 bits per heavy atom.